The van der Waals surface area contributed by atoms with Crippen LogP contribution in [0.4, 0.5) is 0 Å². The van der Waals surface area contributed by atoms with Gasteiger partial charge in [0.25, 0.3) is 6.02 Å². The molecular weight excluding hydrogens is 132 g/mol. The summed E-state index contributed by atoms with van der Waals surface area (Å²) >= 11 is 0. The largest absolute Gasteiger partial charge is 0.468 e. The van der Waals surface area contributed by atoms with E-state index in [1.54, 1.807) is 6.26 Å². The Bertz CT molecular complexity index is 277. The Morgan fingerprint density at radius 1 is 1.50 bits per heavy atom. The Labute approximate surface area is 57.3 Å². The van der Waals surface area contributed by atoms with E-state index in [9.17, 15) is 0 Å². The van der Waals surface area contributed by atoms with Gasteiger partial charge in [-0.25, -0.2) is 4.99 Å². The van der Waals surface area contributed by atoms with Gasteiger partial charge in [-0.1, -0.05) is 0 Å². The number of hydrogen-bond acceptors (Lipinski definition) is 4. The van der Waals surface area contributed by atoms with Gasteiger partial charge in [-0.3, -0.25) is 0 Å². The van der Waals surface area contributed by atoms with Crippen molar-refractivity contribution in [3.63, 3.8) is 0 Å². The third-order valence-corrected chi connectivity index (χ3v) is 1.32. The summed E-state index contributed by atoms with van der Waals surface area (Å²) in [5.74, 6) is 0.674. The number of aliphatic imine (C=N–C) groups is 1. The number of ether oxygens (including phenoxy) is 1. The van der Waals surface area contributed by atoms with E-state index in [1.165, 1.54) is 6.26 Å². The molecule has 0 radical (unpaired) electrons. The van der Waals surface area contributed by atoms with Crippen molar-refractivity contribution in [1.82, 2.24) is 0 Å². The molecule has 0 unspecified atom stereocenters. The molecule has 2 heterocycles. The molecule has 4 heteroatoms. The van der Waals surface area contributed by atoms with Crippen LogP contribution >= 0.6 is 0 Å². The van der Waals surface area contributed by atoms with Crippen molar-refractivity contribution in [3.05, 3.63) is 18.1 Å². The smallest absolute Gasteiger partial charge is 0.287 e. The highest BCUT2D eigenvalue weighted by Crippen LogP contribution is 2.22. The number of furan rings is 1. The van der Waals surface area contributed by atoms with Gasteiger partial charge in [0.2, 0.25) is 0 Å². The fourth-order valence-electron chi connectivity index (χ4n) is 0.825. The average molecular weight is 138 g/mol. The zero-order valence-electron chi connectivity index (χ0n) is 5.20. The normalized spacial score (nSPS) is 15.4. The molecule has 0 aromatic carbocycles. The SMILES string of the molecule is NC1=NCc2cocc2O1. The van der Waals surface area contributed by atoms with Crippen LogP contribution in [0, 0.1) is 0 Å². The Balaban J connectivity index is 2.39. The molecular formula is C6H6N2O2. The van der Waals surface area contributed by atoms with Gasteiger partial charge in [0.1, 0.15) is 6.26 Å². The molecule has 2 rings (SSSR count). The summed E-state index contributed by atoms with van der Waals surface area (Å²) in [6, 6.07) is 0.203. The number of rotatable bonds is 0. The molecule has 0 saturated heterocycles. The van der Waals surface area contributed by atoms with E-state index in [0.717, 1.165) is 5.56 Å². The molecule has 0 aliphatic carbocycles. The zero-order valence-corrected chi connectivity index (χ0v) is 5.20. The monoisotopic (exact) mass is 138 g/mol. The van der Waals surface area contributed by atoms with Gasteiger partial charge in [-0.2, -0.15) is 0 Å². The third kappa shape index (κ3) is 0.655. The van der Waals surface area contributed by atoms with E-state index in [4.69, 9.17) is 14.9 Å². The zero-order chi connectivity index (χ0) is 6.97. The quantitative estimate of drug-likeness (QED) is 0.567. The van der Waals surface area contributed by atoms with Gasteiger partial charge < -0.3 is 14.9 Å². The molecule has 1 aromatic rings. The first-order chi connectivity index (χ1) is 4.86. The number of hydrogen-bond donors (Lipinski definition) is 1. The number of nitrogens with two attached hydrogens (primary N) is 1. The lowest BCUT2D eigenvalue weighted by Crippen LogP contribution is -2.22. The van der Waals surface area contributed by atoms with E-state index >= 15 is 0 Å². The molecule has 0 fully saturated rings. The standard InChI is InChI=1S/C6H6N2O2/c7-6-8-1-4-2-9-3-5(4)10-6/h2-3H,1H2,(H2,7,8). The lowest BCUT2D eigenvalue weighted by atomic mass is 10.3. The summed E-state index contributed by atoms with van der Waals surface area (Å²) in [5.41, 5.74) is 6.23. The minimum atomic E-state index is 0.203. The summed E-state index contributed by atoms with van der Waals surface area (Å²) in [5, 5.41) is 0. The summed E-state index contributed by atoms with van der Waals surface area (Å²) in [6.45, 7) is 0.553. The topological polar surface area (TPSA) is 60.8 Å². The Morgan fingerprint density at radius 3 is 3.30 bits per heavy atom. The lowest BCUT2D eigenvalue weighted by molar-refractivity contribution is 0.500. The summed E-state index contributed by atoms with van der Waals surface area (Å²) < 4.78 is 9.87. The maximum atomic E-state index is 5.29. The molecule has 0 bridgehead atoms. The highest BCUT2D eigenvalue weighted by Gasteiger charge is 2.12. The molecule has 2 N–H and O–H groups in total. The molecule has 0 spiro atoms. The van der Waals surface area contributed by atoms with Crippen molar-refractivity contribution in [2.24, 2.45) is 10.7 Å². The van der Waals surface area contributed by atoms with Crippen LogP contribution in [0.2, 0.25) is 0 Å². The number of fused-ring (bicyclic) bond motifs is 1. The maximum absolute atomic E-state index is 5.29. The fourth-order valence-corrected chi connectivity index (χ4v) is 0.825. The van der Waals surface area contributed by atoms with Crippen molar-refractivity contribution in [2.45, 2.75) is 6.54 Å². The van der Waals surface area contributed by atoms with Crippen LogP contribution in [0.5, 0.6) is 5.75 Å². The third-order valence-electron chi connectivity index (χ3n) is 1.32. The number of nitrogens with zero attached hydrogens (tertiary/aromatic N) is 1. The molecule has 4 nitrogen and oxygen atoms in total. The van der Waals surface area contributed by atoms with E-state index in [1.807, 2.05) is 0 Å². The second-order valence-corrected chi connectivity index (χ2v) is 2.02. The minimum Gasteiger partial charge on any atom is -0.468 e. The molecule has 1 aromatic heterocycles. The number of amidine groups is 1. The van der Waals surface area contributed by atoms with Crippen LogP contribution in [0.15, 0.2) is 21.9 Å². The molecule has 0 saturated carbocycles. The highest BCUT2D eigenvalue weighted by molar-refractivity contribution is 5.75. The summed E-state index contributed by atoms with van der Waals surface area (Å²) in [6.07, 6.45) is 3.11. The maximum Gasteiger partial charge on any atom is 0.287 e. The second-order valence-electron chi connectivity index (χ2n) is 2.02. The van der Waals surface area contributed by atoms with Gasteiger partial charge in [-0.15, -0.1) is 0 Å². The van der Waals surface area contributed by atoms with Crippen molar-refractivity contribution < 1.29 is 9.15 Å². The molecule has 52 valence electrons. The van der Waals surface area contributed by atoms with Crippen LogP contribution in [0.3, 0.4) is 0 Å². The van der Waals surface area contributed by atoms with Crippen molar-refractivity contribution in [3.8, 4) is 5.75 Å². The molecule has 10 heavy (non-hydrogen) atoms. The van der Waals surface area contributed by atoms with Crippen LogP contribution in [0.25, 0.3) is 0 Å². The molecule has 0 atom stereocenters. The van der Waals surface area contributed by atoms with E-state index in [2.05, 4.69) is 4.99 Å². The van der Waals surface area contributed by atoms with Crippen LogP contribution in [0.1, 0.15) is 5.56 Å². The Morgan fingerprint density at radius 2 is 2.40 bits per heavy atom. The van der Waals surface area contributed by atoms with Crippen LogP contribution < -0.4 is 10.5 Å². The van der Waals surface area contributed by atoms with Gasteiger partial charge in [-0.05, 0) is 0 Å². The summed E-state index contributed by atoms with van der Waals surface area (Å²) in [7, 11) is 0. The fraction of sp³-hybridized carbons (Fsp3) is 0.167. The minimum absolute atomic E-state index is 0.203. The molecule has 1 aliphatic heterocycles. The molecule has 1 aliphatic rings. The predicted octanol–water partition coefficient (Wildman–Crippen LogP) is 0.487. The highest BCUT2D eigenvalue weighted by atomic mass is 16.5. The Hall–Kier alpha value is -1.45. The first-order valence-corrected chi connectivity index (χ1v) is 2.89. The summed E-state index contributed by atoms with van der Waals surface area (Å²) in [4.78, 5) is 3.86. The van der Waals surface area contributed by atoms with Gasteiger partial charge in [0.05, 0.1) is 18.4 Å². The average Bonchev–Trinajstić information content (AvgIpc) is 2.33. The lowest BCUT2D eigenvalue weighted by Gasteiger charge is -2.07. The van der Waals surface area contributed by atoms with Crippen molar-refractivity contribution in [2.75, 3.05) is 0 Å². The van der Waals surface area contributed by atoms with Crippen LogP contribution in [-0.4, -0.2) is 6.02 Å². The first kappa shape index (κ1) is 5.34. The first-order valence-electron chi connectivity index (χ1n) is 2.89. The second kappa shape index (κ2) is 1.76. The van der Waals surface area contributed by atoms with Gasteiger partial charge in [0, 0.05) is 0 Å². The van der Waals surface area contributed by atoms with Gasteiger partial charge >= 0.3 is 0 Å². The van der Waals surface area contributed by atoms with Crippen molar-refractivity contribution >= 4 is 6.02 Å². The van der Waals surface area contributed by atoms with Crippen molar-refractivity contribution in [1.29, 1.82) is 0 Å². The predicted molar refractivity (Wildman–Crippen MR) is 34.7 cm³/mol. The van der Waals surface area contributed by atoms with E-state index in [-0.39, 0.29) is 6.02 Å². The van der Waals surface area contributed by atoms with Gasteiger partial charge in [0.15, 0.2) is 5.75 Å². The molecule has 0 amide bonds. The van der Waals surface area contributed by atoms with Crippen LogP contribution in [-0.2, 0) is 6.54 Å². The van der Waals surface area contributed by atoms with E-state index in [0.29, 0.717) is 12.3 Å². The Kier molecular flexibility index (Phi) is 0.943. The van der Waals surface area contributed by atoms with E-state index < -0.39 is 0 Å².